The van der Waals surface area contributed by atoms with Gasteiger partial charge in [0, 0.05) is 13.1 Å². The number of fused-ring (bicyclic) bond motifs is 1. The second-order valence-corrected chi connectivity index (χ2v) is 5.11. The van der Waals surface area contributed by atoms with Crippen LogP contribution in [0.4, 0.5) is 4.39 Å². The average Bonchev–Trinajstić information content (AvgIpc) is 2.81. The highest BCUT2D eigenvalue weighted by Crippen LogP contribution is 2.25. The highest BCUT2D eigenvalue weighted by Gasteiger charge is 2.29. The van der Waals surface area contributed by atoms with Crippen molar-refractivity contribution in [2.45, 2.75) is 38.4 Å². The van der Waals surface area contributed by atoms with E-state index in [0.29, 0.717) is 13.1 Å². The summed E-state index contributed by atoms with van der Waals surface area (Å²) >= 11 is 0. The van der Waals surface area contributed by atoms with Gasteiger partial charge in [-0.3, -0.25) is 4.79 Å². The summed E-state index contributed by atoms with van der Waals surface area (Å²) in [5, 5.41) is 3.27. The molecule has 2 aliphatic rings. The molecule has 18 heavy (non-hydrogen) atoms. The molecule has 0 radical (unpaired) electrons. The van der Waals surface area contributed by atoms with E-state index in [2.05, 4.69) is 5.32 Å². The van der Waals surface area contributed by atoms with E-state index >= 15 is 0 Å². The number of carbonyl (C=O) groups excluding carboxylic acids is 1. The normalized spacial score (nSPS) is 22.9. The number of nitrogens with one attached hydrogen (secondary N) is 1. The zero-order valence-corrected chi connectivity index (χ0v) is 10.3. The van der Waals surface area contributed by atoms with Crippen molar-refractivity contribution in [3.8, 4) is 0 Å². The first kappa shape index (κ1) is 11.7. The Morgan fingerprint density at radius 2 is 2.11 bits per heavy atom. The molecule has 96 valence electrons. The number of rotatable bonds is 1. The summed E-state index contributed by atoms with van der Waals surface area (Å²) in [6, 6.07) is 4.74. The Morgan fingerprint density at radius 3 is 2.89 bits per heavy atom. The van der Waals surface area contributed by atoms with Crippen molar-refractivity contribution < 1.29 is 9.18 Å². The number of nitrogens with zero attached hydrogens (tertiary/aromatic N) is 1. The molecular weight excluding hydrogens is 231 g/mol. The first-order chi connectivity index (χ1) is 8.74. The van der Waals surface area contributed by atoms with E-state index in [4.69, 9.17) is 0 Å². The molecule has 1 atom stereocenters. The van der Waals surface area contributed by atoms with Crippen LogP contribution in [0.3, 0.4) is 0 Å². The Balaban J connectivity index is 1.71. The second kappa shape index (κ2) is 4.69. The number of amides is 1. The van der Waals surface area contributed by atoms with Crippen molar-refractivity contribution in [1.82, 2.24) is 10.2 Å². The van der Waals surface area contributed by atoms with Gasteiger partial charge >= 0.3 is 0 Å². The SMILES string of the molecule is O=C([C@@H]1CCCCN1)N1Cc2ccc(F)cc2C1. The number of hydrogen-bond donors (Lipinski definition) is 1. The molecule has 1 aromatic rings. The van der Waals surface area contributed by atoms with Crippen LogP contribution in [-0.2, 0) is 17.9 Å². The predicted octanol–water partition coefficient (Wildman–Crippen LogP) is 1.81. The molecule has 2 aliphatic heterocycles. The Bertz CT molecular complexity index is 469. The Hall–Kier alpha value is -1.42. The van der Waals surface area contributed by atoms with Crippen LogP contribution in [0.5, 0.6) is 0 Å². The van der Waals surface area contributed by atoms with Gasteiger partial charge in [-0.1, -0.05) is 12.5 Å². The van der Waals surface area contributed by atoms with Gasteiger partial charge in [0.15, 0.2) is 0 Å². The molecule has 1 amide bonds. The summed E-state index contributed by atoms with van der Waals surface area (Å²) in [6.45, 7) is 2.09. The van der Waals surface area contributed by atoms with Crippen LogP contribution in [0.1, 0.15) is 30.4 Å². The van der Waals surface area contributed by atoms with Crippen LogP contribution in [0.2, 0.25) is 0 Å². The van der Waals surface area contributed by atoms with E-state index in [1.54, 1.807) is 6.07 Å². The van der Waals surface area contributed by atoms with Crippen LogP contribution >= 0.6 is 0 Å². The van der Waals surface area contributed by atoms with Crippen LogP contribution in [0, 0.1) is 5.82 Å². The summed E-state index contributed by atoms with van der Waals surface area (Å²) < 4.78 is 13.1. The van der Waals surface area contributed by atoms with E-state index in [1.807, 2.05) is 4.90 Å². The first-order valence-corrected chi connectivity index (χ1v) is 6.53. The number of piperidine rings is 1. The number of halogens is 1. The van der Waals surface area contributed by atoms with Crippen LogP contribution in [0.15, 0.2) is 18.2 Å². The van der Waals surface area contributed by atoms with Crippen molar-refractivity contribution in [3.63, 3.8) is 0 Å². The van der Waals surface area contributed by atoms with Crippen LogP contribution < -0.4 is 5.32 Å². The average molecular weight is 248 g/mol. The van der Waals surface area contributed by atoms with E-state index < -0.39 is 0 Å². The molecule has 0 spiro atoms. The lowest BCUT2D eigenvalue weighted by Gasteiger charge is -2.27. The second-order valence-electron chi connectivity index (χ2n) is 5.11. The largest absolute Gasteiger partial charge is 0.333 e. The molecule has 0 unspecified atom stereocenters. The third-order valence-corrected chi connectivity index (χ3v) is 3.81. The smallest absolute Gasteiger partial charge is 0.240 e. The predicted molar refractivity (Wildman–Crippen MR) is 66.3 cm³/mol. The van der Waals surface area contributed by atoms with Gasteiger partial charge in [-0.25, -0.2) is 4.39 Å². The molecule has 0 saturated carbocycles. The van der Waals surface area contributed by atoms with Crippen molar-refractivity contribution in [2.24, 2.45) is 0 Å². The fraction of sp³-hybridized carbons (Fsp3) is 0.500. The summed E-state index contributed by atoms with van der Waals surface area (Å²) in [5.41, 5.74) is 2.01. The van der Waals surface area contributed by atoms with Gasteiger partial charge in [-0.15, -0.1) is 0 Å². The third-order valence-electron chi connectivity index (χ3n) is 3.81. The van der Waals surface area contributed by atoms with Gasteiger partial charge in [0.25, 0.3) is 0 Å². The first-order valence-electron chi connectivity index (χ1n) is 6.53. The zero-order valence-electron chi connectivity index (χ0n) is 10.3. The maximum Gasteiger partial charge on any atom is 0.240 e. The van der Waals surface area contributed by atoms with Gasteiger partial charge in [0.05, 0.1) is 6.04 Å². The fourth-order valence-corrected chi connectivity index (χ4v) is 2.80. The van der Waals surface area contributed by atoms with Crippen molar-refractivity contribution in [3.05, 3.63) is 35.1 Å². The van der Waals surface area contributed by atoms with Crippen molar-refractivity contribution in [2.75, 3.05) is 6.54 Å². The molecular formula is C14H17FN2O. The highest BCUT2D eigenvalue weighted by atomic mass is 19.1. The topological polar surface area (TPSA) is 32.3 Å². The minimum absolute atomic E-state index is 0.0436. The third kappa shape index (κ3) is 2.12. The minimum atomic E-state index is -0.223. The zero-order chi connectivity index (χ0) is 12.5. The Kier molecular flexibility index (Phi) is 3.04. The molecule has 3 nitrogen and oxygen atoms in total. The lowest BCUT2D eigenvalue weighted by molar-refractivity contribution is -0.134. The highest BCUT2D eigenvalue weighted by molar-refractivity contribution is 5.82. The van der Waals surface area contributed by atoms with E-state index in [1.165, 1.54) is 12.1 Å². The minimum Gasteiger partial charge on any atom is -0.333 e. The molecule has 1 N–H and O–H groups in total. The quantitative estimate of drug-likeness (QED) is 0.822. The van der Waals surface area contributed by atoms with Gasteiger partial charge in [-0.05, 0) is 42.6 Å². The van der Waals surface area contributed by atoms with E-state index in [-0.39, 0.29) is 17.8 Å². The van der Waals surface area contributed by atoms with Gasteiger partial charge in [-0.2, -0.15) is 0 Å². The number of carbonyl (C=O) groups is 1. The van der Waals surface area contributed by atoms with Crippen LogP contribution in [0.25, 0.3) is 0 Å². The van der Waals surface area contributed by atoms with E-state index in [0.717, 1.165) is 36.9 Å². The fourth-order valence-electron chi connectivity index (χ4n) is 2.80. The molecule has 1 fully saturated rings. The molecule has 2 heterocycles. The van der Waals surface area contributed by atoms with Gasteiger partial charge < -0.3 is 10.2 Å². The maximum atomic E-state index is 13.1. The van der Waals surface area contributed by atoms with E-state index in [9.17, 15) is 9.18 Å². The summed E-state index contributed by atoms with van der Waals surface area (Å²) in [4.78, 5) is 14.1. The Labute approximate surface area is 106 Å². The number of benzene rings is 1. The molecule has 0 aliphatic carbocycles. The molecule has 4 heteroatoms. The van der Waals surface area contributed by atoms with Crippen LogP contribution in [-0.4, -0.2) is 23.4 Å². The molecule has 1 aromatic carbocycles. The molecule has 3 rings (SSSR count). The number of hydrogen-bond acceptors (Lipinski definition) is 2. The monoisotopic (exact) mass is 248 g/mol. The summed E-state index contributed by atoms with van der Waals surface area (Å²) in [5.74, 6) is -0.0647. The molecule has 1 saturated heterocycles. The summed E-state index contributed by atoms with van der Waals surface area (Å²) in [7, 11) is 0. The lowest BCUT2D eigenvalue weighted by Crippen LogP contribution is -2.46. The van der Waals surface area contributed by atoms with Gasteiger partial charge in [0.2, 0.25) is 5.91 Å². The summed E-state index contributed by atoms with van der Waals surface area (Å²) in [6.07, 6.45) is 3.17. The van der Waals surface area contributed by atoms with Crippen molar-refractivity contribution in [1.29, 1.82) is 0 Å². The lowest BCUT2D eigenvalue weighted by atomic mass is 10.0. The Morgan fingerprint density at radius 1 is 1.28 bits per heavy atom. The molecule has 0 bridgehead atoms. The van der Waals surface area contributed by atoms with Crippen molar-refractivity contribution >= 4 is 5.91 Å². The van der Waals surface area contributed by atoms with Gasteiger partial charge in [0.1, 0.15) is 5.82 Å². The molecule has 0 aromatic heterocycles. The standard InChI is InChI=1S/C14H17FN2O/c15-12-5-4-10-8-17(9-11(10)7-12)14(18)13-3-1-2-6-16-13/h4-5,7,13,16H,1-3,6,8-9H2/t13-/m0/s1. The maximum absolute atomic E-state index is 13.1.